The Kier molecular flexibility index (Phi) is 7.71. The predicted octanol–water partition coefficient (Wildman–Crippen LogP) is 3.72. The maximum Gasteiger partial charge on any atom is 0.303 e. The molecule has 0 unspecified atom stereocenters. The van der Waals surface area contributed by atoms with Gasteiger partial charge in [0.15, 0.2) is 5.13 Å². The Labute approximate surface area is 224 Å². The number of carboxylic acids is 1. The summed E-state index contributed by atoms with van der Waals surface area (Å²) in [4.78, 5) is 46.4. The fraction of sp³-hybridized carbons (Fsp3) is 0.357. The number of aliphatic carboxylic acids is 1. The molecule has 1 fully saturated rings. The summed E-state index contributed by atoms with van der Waals surface area (Å²) in [6, 6.07) is 12.2. The van der Waals surface area contributed by atoms with Gasteiger partial charge in [-0.3, -0.25) is 19.3 Å². The number of nitrogens with zero attached hydrogens (tertiary/aromatic N) is 3. The van der Waals surface area contributed by atoms with E-state index in [9.17, 15) is 19.5 Å². The molecule has 1 aromatic heterocycles. The number of carbonyl (C=O) groups is 3. The number of fused-ring (bicyclic) bond motifs is 1. The van der Waals surface area contributed by atoms with Gasteiger partial charge in [-0.15, -0.1) is 11.3 Å². The number of aryl methyl sites for hydroxylation is 2. The second-order valence-electron chi connectivity index (χ2n) is 9.26. The van der Waals surface area contributed by atoms with Crippen LogP contribution in [0.3, 0.4) is 0 Å². The summed E-state index contributed by atoms with van der Waals surface area (Å²) in [6.45, 7) is 5.63. The first-order chi connectivity index (χ1) is 18.4. The van der Waals surface area contributed by atoms with Crippen LogP contribution in [0, 0.1) is 6.92 Å². The van der Waals surface area contributed by atoms with Crippen molar-refractivity contribution in [3.63, 3.8) is 0 Å². The van der Waals surface area contributed by atoms with Gasteiger partial charge in [-0.25, -0.2) is 4.98 Å². The van der Waals surface area contributed by atoms with Crippen LogP contribution in [-0.2, 0) is 28.9 Å². The van der Waals surface area contributed by atoms with Gasteiger partial charge in [0.1, 0.15) is 5.75 Å². The zero-order valence-corrected chi connectivity index (χ0v) is 22.0. The van der Waals surface area contributed by atoms with E-state index >= 15 is 0 Å². The Morgan fingerprint density at radius 3 is 2.45 bits per heavy atom. The first-order valence-electron chi connectivity index (χ1n) is 12.6. The second kappa shape index (κ2) is 11.3. The molecule has 5 rings (SSSR count). The molecule has 0 saturated carbocycles. The van der Waals surface area contributed by atoms with Crippen molar-refractivity contribution in [3.05, 3.63) is 75.3 Å². The van der Waals surface area contributed by atoms with Crippen molar-refractivity contribution in [2.24, 2.45) is 0 Å². The molecule has 9 nitrogen and oxygen atoms in total. The Balaban J connectivity index is 1.28. The van der Waals surface area contributed by atoms with Crippen molar-refractivity contribution in [2.45, 2.75) is 32.7 Å². The largest absolute Gasteiger partial charge is 0.493 e. The molecular formula is C28H29N3O6S. The Bertz CT molecular complexity index is 1330. The summed E-state index contributed by atoms with van der Waals surface area (Å²) < 4.78 is 11.5. The van der Waals surface area contributed by atoms with Crippen LogP contribution in [0.4, 0.5) is 5.13 Å². The van der Waals surface area contributed by atoms with E-state index in [4.69, 9.17) is 14.5 Å². The van der Waals surface area contributed by atoms with E-state index in [0.717, 1.165) is 34.4 Å². The van der Waals surface area contributed by atoms with Crippen molar-refractivity contribution in [3.8, 4) is 5.75 Å². The van der Waals surface area contributed by atoms with Crippen LogP contribution < -0.4 is 9.64 Å². The summed E-state index contributed by atoms with van der Waals surface area (Å²) >= 11 is 1.68. The standard InChI is InChI=1S/C28H29N3O6S/c1-18-24(29-28(38-18)30-11-14-36-15-12-30)10-13-37-21-8-6-19(7-9-25(32)33)20(16-21)17-31-26(34)22-4-2-3-5-23(22)27(31)35/h2-6,8,16H,7,9-15,17H2,1H3,(H,32,33). The van der Waals surface area contributed by atoms with Gasteiger partial charge in [-0.05, 0) is 48.7 Å². The highest BCUT2D eigenvalue weighted by molar-refractivity contribution is 7.15. The monoisotopic (exact) mass is 535 g/mol. The number of carbonyl (C=O) groups excluding carboxylic acids is 2. The topological polar surface area (TPSA) is 109 Å². The fourth-order valence-electron chi connectivity index (χ4n) is 4.68. The average molecular weight is 536 g/mol. The molecule has 1 saturated heterocycles. The lowest BCUT2D eigenvalue weighted by molar-refractivity contribution is -0.136. The molecule has 3 aromatic rings. The van der Waals surface area contributed by atoms with Crippen molar-refractivity contribution < 1.29 is 29.0 Å². The molecule has 2 aliphatic rings. The number of morpholine rings is 1. The van der Waals surface area contributed by atoms with E-state index < -0.39 is 5.97 Å². The van der Waals surface area contributed by atoms with Crippen molar-refractivity contribution in [1.82, 2.24) is 9.88 Å². The SMILES string of the molecule is Cc1sc(N2CCOCC2)nc1CCOc1ccc(CCC(=O)O)c(CN2C(=O)c3ccccc3C2=O)c1. The first kappa shape index (κ1) is 25.9. The smallest absolute Gasteiger partial charge is 0.303 e. The minimum atomic E-state index is -0.910. The van der Waals surface area contributed by atoms with Gasteiger partial charge in [-0.1, -0.05) is 18.2 Å². The van der Waals surface area contributed by atoms with Crippen molar-refractivity contribution >= 4 is 34.3 Å². The molecule has 0 aliphatic carbocycles. The van der Waals surface area contributed by atoms with Crippen LogP contribution in [0.25, 0.3) is 0 Å². The number of hydrogen-bond acceptors (Lipinski definition) is 8. The molecule has 0 atom stereocenters. The maximum absolute atomic E-state index is 12.9. The van der Waals surface area contributed by atoms with Gasteiger partial charge in [0.05, 0.1) is 43.2 Å². The van der Waals surface area contributed by atoms with E-state index in [1.54, 1.807) is 47.7 Å². The second-order valence-corrected chi connectivity index (χ2v) is 10.4. The maximum atomic E-state index is 12.9. The first-order valence-corrected chi connectivity index (χ1v) is 13.4. The van der Waals surface area contributed by atoms with E-state index in [1.807, 2.05) is 6.07 Å². The molecule has 0 bridgehead atoms. The van der Waals surface area contributed by atoms with Gasteiger partial charge < -0.3 is 19.5 Å². The van der Waals surface area contributed by atoms with Gasteiger partial charge in [-0.2, -0.15) is 0 Å². The van der Waals surface area contributed by atoms with Crippen molar-refractivity contribution in [2.75, 3.05) is 37.8 Å². The minimum Gasteiger partial charge on any atom is -0.493 e. The Morgan fingerprint density at radius 2 is 1.76 bits per heavy atom. The summed E-state index contributed by atoms with van der Waals surface area (Å²) in [6.07, 6.45) is 0.877. The van der Waals surface area contributed by atoms with Gasteiger partial charge in [0, 0.05) is 30.8 Å². The summed E-state index contributed by atoms with van der Waals surface area (Å²) in [5, 5.41) is 10.2. The molecule has 2 aromatic carbocycles. The van der Waals surface area contributed by atoms with Crippen LogP contribution in [-0.4, -0.2) is 65.7 Å². The number of hydrogen-bond donors (Lipinski definition) is 1. The number of thiazole rings is 1. The number of anilines is 1. The number of rotatable bonds is 10. The zero-order chi connectivity index (χ0) is 26.6. The molecule has 10 heteroatoms. The molecule has 38 heavy (non-hydrogen) atoms. The van der Waals surface area contributed by atoms with Crippen molar-refractivity contribution in [1.29, 1.82) is 0 Å². The lowest BCUT2D eigenvalue weighted by Gasteiger charge is -2.26. The highest BCUT2D eigenvalue weighted by atomic mass is 32.1. The molecule has 2 amide bonds. The predicted molar refractivity (Wildman–Crippen MR) is 142 cm³/mol. The van der Waals surface area contributed by atoms with Crippen LogP contribution in [0.2, 0.25) is 0 Å². The van der Waals surface area contributed by atoms with E-state index in [-0.39, 0.29) is 31.2 Å². The number of aromatic nitrogens is 1. The van der Waals surface area contributed by atoms with Crippen LogP contribution in [0.15, 0.2) is 42.5 Å². The van der Waals surface area contributed by atoms with Crippen LogP contribution >= 0.6 is 11.3 Å². The lowest BCUT2D eigenvalue weighted by Crippen LogP contribution is -2.36. The van der Waals surface area contributed by atoms with Crippen LogP contribution in [0.1, 0.15) is 48.8 Å². The summed E-state index contributed by atoms with van der Waals surface area (Å²) in [7, 11) is 0. The average Bonchev–Trinajstić information content (AvgIpc) is 3.41. The number of imide groups is 1. The molecule has 0 radical (unpaired) electrons. The summed E-state index contributed by atoms with van der Waals surface area (Å²) in [5.41, 5.74) is 3.22. The third kappa shape index (κ3) is 5.56. The number of benzene rings is 2. The van der Waals surface area contributed by atoms with Gasteiger partial charge in [0.25, 0.3) is 11.8 Å². The third-order valence-electron chi connectivity index (χ3n) is 6.76. The lowest BCUT2D eigenvalue weighted by atomic mass is 10.0. The molecule has 2 aliphatic heterocycles. The zero-order valence-electron chi connectivity index (χ0n) is 21.1. The van der Waals surface area contributed by atoms with E-state index in [0.29, 0.717) is 48.7 Å². The quantitative estimate of drug-likeness (QED) is 0.391. The molecule has 1 N–H and O–H groups in total. The molecule has 3 heterocycles. The highest BCUT2D eigenvalue weighted by Gasteiger charge is 2.35. The number of ether oxygens (including phenoxy) is 2. The number of carboxylic acid groups (broad SMARTS) is 1. The molecular weight excluding hydrogens is 506 g/mol. The van der Waals surface area contributed by atoms with Crippen LogP contribution in [0.5, 0.6) is 5.75 Å². The molecule has 0 spiro atoms. The van der Waals surface area contributed by atoms with Gasteiger partial charge in [0.2, 0.25) is 0 Å². The molecule has 198 valence electrons. The highest BCUT2D eigenvalue weighted by Crippen LogP contribution is 2.29. The third-order valence-corrected chi connectivity index (χ3v) is 7.84. The number of amides is 2. The van der Waals surface area contributed by atoms with Gasteiger partial charge >= 0.3 is 5.97 Å². The van der Waals surface area contributed by atoms with E-state index in [1.165, 1.54) is 4.90 Å². The summed E-state index contributed by atoms with van der Waals surface area (Å²) in [5.74, 6) is -1.02. The normalized spacial score (nSPS) is 15.2. The minimum absolute atomic E-state index is 0.0482. The fourth-order valence-corrected chi connectivity index (χ4v) is 5.68. The Morgan fingerprint density at radius 1 is 1.05 bits per heavy atom. The van der Waals surface area contributed by atoms with E-state index in [2.05, 4.69) is 11.8 Å². The Hall–Kier alpha value is -3.76.